The summed E-state index contributed by atoms with van der Waals surface area (Å²) in [4.78, 5) is 0. The van der Waals surface area contributed by atoms with Gasteiger partial charge in [0.2, 0.25) is 0 Å². The number of halogens is 1. The SMILES string of the molecule is N#Cc1ccccc1-c1cccc2c(CBr)cccc12. The van der Waals surface area contributed by atoms with Crippen LogP contribution < -0.4 is 0 Å². The maximum Gasteiger partial charge on any atom is 0.0998 e. The molecule has 3 aromatic rings. The summed E-state index contributed by atoms with van der Waals surface area (Å²) in [6, 6.07) is 22.6. The number of nitriles is 1. The van der Waals surface area contributed by atoms with Crippen LogP contribution in [-0.2, 0) is 5.33 Å². The van der Waals surface area contributed by atoms with Crippen LogP contribution in [0.4, 0.5) is 0 Å². The fourth-order valence-corrected chi connectivity index (χ4v) is 3.03. The standard InChI is InChI=1S/C18H12BrN/c19-11-13-6-3-9-17-15(13)8-4-10-18(17)16-7-2-1-5-14(16)12-20/h1-10H,11H2. The van der Waals surface area contributed by atoms with E-state index in [1.165, 1.54) is 16.3 Å². The van der Waals surface area contributed by atoms with Gasteiger partial charge in [0.15, 0.2) is 0 Å². The van der Waals surface area contributed by atoms with Crippen LogP contribution in [0.15, 0.2) is 60.7 Å². The Morgan fingerprint density at radius 2 is 1.50 bits per heavy atom. The molecule has 0 radical (unpaired) electrons. The number of benzene rings is 3. The van der Waals surface area contributed by atoms with Crippen molar-refractivity contribution in [2.24, 2.45) is 0 Å². The highest BCUT2D eigenvalue weighted by Crippen LogP contribution is 2.32. The molecule has 96 valence electrons. The Balaban J connectivity index is 2.36. The third-order valence-electron chi connectivity index (χ3n) is 3.49. The van der Waals surface area contributed by atoms with Crippen molar-refractivity contribution < 1.29 is 0 Å². The van der Waals surface area contributed by atoms with Gasteiger partial charge in [0, 0.05) is 10.9 Å². The molecule has 1 nitrogen and oxygen atoms in total. The van der Waals surface area contributed by atoms with Crippen LogP contribution in [0.3, 0.4) is 0 Å². The first-order valence-electron chi connectivity index (χ1n) is 6.41. The summed E-state index contributed by atoms with van der Waals surface area (Å²) in [5, 5.41) is 12.5. The van der Waals surface area contributed by atoms with E-state index < -0.39 is 0 Å². The molecule has 0 aliphatic carbocycles. The van der Waals surface area contributed by atoms with Crippen molar-refractivity contribution >= 4 is 26.7 Å². The molecule has 0 fully saturated rings. The molecular weight excluding hydrogens is 310 g/mol. The van der Waals surface area contributed by atoms with Crippen LogP contribution in [0.2, 0.25) is 0 Å². The first-order chi connectivity index (χ1) is 9.85. The second-order valence-electron chi connectivity index (χ2n) is 4.61. The fourth-order valence-electron chi connectivity index (χ4n) is 2.54. The molecule has 3 rings (SSSR count). The topological polar surface area (TPSA) is 23.8 Å². The zero-order chi connectivity index (χ0) is 13.9. The minimum atomic E-state index is 0.712. The summed E-state index contributed by atoms with van der Waals surface area (Å²) in [5.74, 6) is 0. The Hall–Kier alpha value is -2.11. The summed E-state index contributed by atoms with van der Waals surface area (Å²) in [5.41, 5.74) is 4.08. The summed E-state index contributed by atoms with van der Waals surface area (Å²) < 4.78 is 0. The maximum atomic E-state index is 9.30. The van der Waals surface area contributed by atoms with E-state index in [0.29, 0.717) is 5.56 Å². The van der Waals surface area contributed by atoms with Crippen LogP contribution >= 0.6 is 15.9 Å². The predicted molar refractivity (Wildman–Crippen MR) is 86.7 cm³/mol. The lowest BCUT2D eigenvalue weighted by Crippen LogP contribution is -1.88. The highest BCUT2D eigenvalue weighted by molar-refractivity contribution is 9.08. The van der Waals surface area contributed by atoms with Crippen LogP contribution in [-0.4, -0.2) is 0 Å². The third kappa shape index (κ3) is 2.11. The van der Waals surface area contributed by atoms with Gasteiger partial charge in [-0.25, -0.2) is 0 Å². The van der Waals surface area contributed by atoms with Gasteiger partial charge in [-0.1, -0.05) is 70.5 Å². The van der Waals surface area contributed by atoms with Gasteiger partial charge in [-0.05, 0) is 28.0 Å². The van der Waals surface area contributed by atoms with Crippen molar-refractivity contribution in [2.45, 2.75) is 5.33 Å². The summed E-state index contributed by atoms with van der Waals surface area (Å²) in [6.45, 7) is 0. The fraction of sp³-hybridized carbons (Fsp3) is 0.0556. The first-order valence-corrected chi connectivity index (χ1v) is 7.53. The number of fused-ring (bicyclic) bond motifs is 1. The van der Waals surface area contributed by atoms with E-state index in [4.69, 9.17) is 0 Å². The Morgan fingerprint density at radius 3 is 2.30 bits per heavy atom. The Bertz CT molecular complexity index is 815. The molecule has 0 aliphatic heterocycles. The van der Waals surface area contributed by atoms with Gasteiger partial charge in [-0.3, -0.25) is 0 Å². The summed E-state index contributed by atoms with van der Waals surface area (Å²) in [6.07, 6.45) is 0. The second kappa shape index (κ2) is 5.48. The average molecular weight is 322 g/mol. The Morgan fingerprint density at radius 1 is 0.800 bits per heavy atom. The van der Waals surface area contributed by atoms with E-state index in [-0.39, 0.29) is 0 Å². The van der Waals surface area contributed by atoms with Crippen LogP contribution in [0.5, 0.6) is 0 Å². The molecule has 0 unspecified atom stereocenters. The van der Waals surface area contributed by atoms with Crippen LogP contribution in [0, 0.1) is 11.3 Å². The highest BCUT2D eigenvalue weighted by atomic mass is 79.9. The lowest BCUT2D eigenvalue weighted by Gasteiger charge is -2.10. The van der Waals surface area contributed by atoms with Crippen molar-refractivity contribution in [2.75, 3.05) is 0 Å². The lowest BCUT2D eigenvalue weighted by atomic mass is 9.93. The van der Waals surface area contributed by atoms with Crippen molar-refractivity contribution in [3.8, 4) is 17.2 Å². The highest BCUT2D eigenvalue weighted by Gasteiger charge is 2.09. The van der Waals surface area contributed by atoms with Gasteiger partial charge >= 0.3 is 0 Å². The molecule has 0 aromatic heterocycles. The van der Waals surface area contributed by atoms with E-state index in [1.807, 2.05) is 24.3 Å². The minimum Gasteiger partial charge on any atom is -0.192 e. The minimum absolute atomic E-state index is 0.712. The zero-order valence-electron chi connectivity index (χ0n) is 10.8. The first kappa shape index (κ1) is 12.9. The molecule has 3 aromatic carbocycles. The number of nitrogens with zero attached hydrogens (tertiary/aromatic N) is 1. The average Bonchev–Trinajstić information content (AvgIpc) is 2.53. The van der Waals surface area contributed by atoms with Crippen LogP contribution in [0.1, 0.15) is 11.1 Å². The van der Waals surface area contributed by atoms with E-state index in [0.717, 1.165) is 16.5 Å². The molecule has 0 aliphatic rings. The molecular formula is C18H12BrN. The Kier molecular flexibility index (Phi) is 3.54. The molecule has 0 spiro atoms. The molecule has 0 atom stereocenters. The second-order valence-corrected chi connectivity index (χ2v) is 5.17. The quantitative estimate of drug-likeness (QED) is 0.589. The number of hydrogen-bond acceptors (Lipinski definition) is 1. The van der Waals surface area contributed by atoms with E-state index in [2.05, 4.69) is 58.4 Å². The van der Waals surface area contributed by atoms with Crippen molar-refractivity contribution in [3.63, 3.8) is 0 Å². The number of hydrogen-bond donors (Lipinski definition) is 0. The molecule has 0 heterocycles. The van der Waals surface area contributed by atoms with Gasteiger partial charge in [-0.2, -0.15) is 5.26 Å². The van der Waals surface area contributed by atoms with Gasteiger partial charge in [0.25, 0.3) is 0 Å². The number of alkyl halides is 1. The maximum absolute atomic E-state index is 9.30. The summed E-state index contributed by atoms with van der Waals surface area (Å²) >= 11 is 3.54. The smallest absolute Gasteiger partial charge is 0.0998 e. The van der Waals surface area contributed by atoms with Gasteiger partial charge in [0.1, 0.15) is 0 Å². The zero-order valence-corrected chi connectivity index (χ0v) is 12.4. The monoisotopic (exact) mass is 321 g/mol. The van der Waals surface area contributed by atoms with Crippen molar-refractivity contribution in [3.05, 3.63) is 71.8 Å². The van der Waals surface area contributed by atoms with Crippen molar-refractivity contribution in [1.82, 2.24) is 0 Å². The molecule has 0 amide bonds. The van der Waals surface area contributed by atoms with Gasteiger partial charge < -0.3 is 0 Å². The largest absolute Gasteiger partial charge is 0.192 e. The predicted octanol–water partition coefficient (Wildman–Crippen LogP) is 5.27. The number of rotatable bonds is 2. The van der Waals surface area contributed by atoms with Crippen LogP contribution in [0.25, 0.3) is 21.9 Å². The normalized spacial score (nSPS) is 10.4. The lowest BCUT2D eigenvalue weighted by molar-refractivity contribution is 1.47. The van der Waals surface area contributed by atoms with Gasteiger partial charge in [0.05, 0.1) is 11.6 Å². The van der Waals surface area contributed by atoms with E-state index >= 15 is 0 Å². The molecule has 2 heteroatoms. The van der Waals surface area contributed by atoms with E-state index in [1.54, 1.807) is 0 Å². The molecule has 0 saturated carbocycles. The Labute approximate surface area is 126 Å². The van der Waals surface area contributed by atoms with Gasteiger partial charge in [-0.15, -0.1) is 0 Å². The molecule has 0 saturated heterocycles. The molecule has 0 N–H and O–H groups in total. The third-order valence-corrected chi connectivity index (χ3v) is 4.10. The molecule has 0 bridgehead atoms. The summed E-state index contributed by atoms with van der Waals surface area (Å²) in [7, 11) is 0. The molecule has 20 heavy (non-hydrogen) atoms. The van der Waals surface area contributed by atoms with E-state index in [9.17, 15) is 5.26 Å². The van der Waals surface area contributed by atoms with Crippen molar-refractivity contribution in [1.29, 1.82) is 5.26 Å².